The number of esters is 1. The van der Waals surface area contributed by atoms with Gasteiger partial charge in [0.05, 0.1) is 0 Å². The number of alkyl halides is 5. The average Bonchev–Trinajstić information content (AvgIpc) is 1.85. The van der Waals surface area contributed by atoms with Crippen molar-refractivity contribution in [2.24, 2.45) is 0 Å². The molecule has 0 aromatic heterocycles. The second-order valence-corrected chi connectivity index (χ2v) is 5.75. The molecule has 0 saturated carbocycles. The third kappa shape index (κ3) is 5.10. The molecular formula is C4H3Cl5O2S. The molecule has 8 heteroatoms. The van der Waals surface area contributed by atoms with Crippen LogP contribution in [-0.2, 0) is 9.53 Å². The third-order valence-electron chi connectivity index (χ3n) is 0.663. The maximum absolute atomic E-state index is 10.8. The van der Waals surface area contributed by atoms with Crippen LogP contribution in [0.5, 0.6) is 0 Å². The molecule has 0 aromatic rings. The molecule has 1 atom stereocenters. The number of carbonyl (C=O) groups is 1. The number of thiol groups is 1. The van der Waals surface area contributed by atoms with Gasteiger partial charge in [0.1, 0.15) is 0 Å². The van der Waals surface area contributed by atoms with Crippen molar-refractivity contribution in [2.75, 3.05) is 0 Å². The minimum atomic E-state index is -1.95. The predicted molar refractivity (Wildman–Crippen MR) is 54.7 cm³/mol. The minimum Gasteiger partial charge on any atom is -0.440 e. The molecule has 0 aromatic carbocycles. The van der Waals surface area contributed by atoms with E-state index in [1.807, 2.05) is 0 Å². The summed E-state index contributed by atoms with van der Waals surface area (Å²) in [7, 11) is 0. The molecule has 0 aliphatic rings. The number of hydrogen-bond acceptors (Lipinski definition) is 3. The smallest absolute Gasteiger partial charge is 0.354 e. The Labute approximate surface area is 99.8 Å². The molecule has 0 N–H and O–H groups in total. The molecular weight excluding hydrogens is 289 g/mol. The fourth-order valence-corrected chi connectivity index (χ4v) is 0.550. The SMILES string of the molecule is O=C(OC(Cl)C(Cl)Cl)C(S)(Cl)Cl. The molecule has 0 rings (SSSR count). The first kappa shape index (κ1) is 13.3. The van der Waals surface area contributed by atoms with Crippen molar-refractivity contribution in [3.05, 3.63) is 0 Å². The van der Waals surface area contributed by atoms with Crippen LogP contribution in [0.3, 0.4) is 0 Å². The van der Waals surface area contributed by atoms with E-state index in [1.165, 1.54) is 0 Å². The van der Waals surface area contributed by atoms with Crippen molar-refractivity contribution in [3.8, 4) is 0 Å². The van der Waals surface area contributed by atoms with Gasteiger partial charge in [0.15, 0.2) is 4.84 Å². The zero-order valence-electron chi connectivity index (χ0n) is 5.31. The molecule has 0 spiro atoms. The highest BCUT2D eigenvalue weighted by Crippen LogP contribution is 2.29. The van der Waals surface area contributed by atoms with E-state index < -0.39 is 20.0 Å². The van der Waals surface area contributed by atoms with Crippen LogP contribution < -0.4 is 0 Å². The summed E-state index contributed by atoms with van der Waals surface area (Å²) in [6, 6.07) is 0. The van der Waals surface area contributed by atoms with Gasteiger partial charge in [-0.15, -0.1) is 12.6 Å². The Kier molecular flexibility index (Phi) is 5.78. The van der Waals surface area contributed by atoms with Gasteiger partial charge in [0.25, 0.3) is 3.67 Å². The summed E-state index contributed by atoms with van der Waals surface area (Å²) in [5.74, 6) is -1.03. The first-order valence-electron chi connectivity index (χ1n) is 2.48. The van der Waals surface area contributed by atoms with E-state index in [-0.39, 0.29) is 0 Å². The van der Waals surface area contributed by atoms with E-state index >= 15 is 0 Å². The number of carbonyl (C=O) groups excluding carboxylic acids is 1. The summed E-state index contributed by atoms with van der Waals surface area (Å²) in [6.07, 6.45) is 0. The summed E-state index contributed by atoms with van der Waals surface area (Å²) in [6.45, 7) is 0. The Morgan fingerprint density at radius 2 is 1.75 bits per heavy atom. The van der Waals surface area contributed by atoms with Crippen molar-refractivity contribution >= 4 is 76.6 Å². The summed E-state index contributed by atoms with van der Waals surface area (Å²) in [5.41, 5.74) is -1.20. The molecule has 0 aliphatic carbocycles. The van der Waals surface area contributed by atoms with Gasteiger partial charge in [-0.2, -0.15) is 0 Å². The molecule has 1 unspecified atom stereocenters. The zero-order valence-corrected chi connectivity index (χ0v) is 9.98. The van der Waals surface area contributed by atoms with Crippen molar-refractivity contribution in [2.45, 2.75) is 14.1 Å². The van der Waals surface area contributed by atoms with Gasteiger partial charge in [-0.05, 0) is 0 Å². The normalized spacial score (nSPS) is 14.6. The van der Waals surface area contributed by atoms with Crippen LogP contribution in [0.1, 0.15) is 0 Å². The lowest BCUT2D eigenvalue weighted by molar-refractivity contribution is -0.143. The van der Waals surface area contributed by atoms with E-state index in [0.717, 1.165) is 0 Å². The zero-order chi connectivity index (χ0) is 9.94. The van der Waals surface area contributed by atoms with E-state index in [2.05, 4.69) is 17.4 Å². The molecule has 0 heterocycles. The summed E-state index contributed by atoms with van der Waals surface area (Å²) < 4.78 is 2.45. The number of halogens is 5. The van der Waals surface area contributed by atoms with Gasteiger partial charge >= 0.3 is 5.97 Å². The summed E-state index contributed by atoms with van der Waals surface area (Å²) in [4.78, 5) is 9.76. The predicted octanol–water partition coefficient (Wildman–Crippen LogP) is 2.96. The van der Waals surface area contributed by atoms with Crippen molar-refractivity contribution in [1.29, 1.82) is 0 Å². The molecule has 0 radical (unpaired) electrons. The Morgan fingerprint density at radius 1 is 1.33 bits per heavy atom. The molecule has 0 fully saturated rings. The van der Waals surface area contributed by atoms with Crippen LogP contribution in [0.25, 0.3) is 0 Å². The third-order valence-corrected chi connectivity index (χ3v) is 2.21. The fourth-order valence-electron chi connectivity index (χ4n) is 0.225. The van der Waals surface area contributed by atoms with Crippen LogP contribution >= 0.6 is 70.6 Å². The van der Waals surface area contributed by atoms with Gasteiger partial charge in [0, 0.05) is 0 Å². The number of hydrogen-bond donors (Lipinski definition) is 1. The fraction of sp³-hybridized carbons (Fsp3) is 0.750. The van der Waals surface area contributed by atoms with Crippen LogP contribution in [0.15, 0.2) is 0 Å². The van der Waals surface area contributed by atoms with E-state index in [1.54, 1.807) is 0 Å². The van der Waals surface area contributed by atoms with Crippen molar-refractivity contribution < 1.29 is 9.53 Å². The monoisotopic (exact) mass is 290 g/mol. The minimum absolute atomic E-state index is 1.03. The van der Waals surface area contributed by atoms with E-state index in [0.29, 0.717) is 0 Å². The van der Waals surface area contributed by atoms with Crippen molar-refractivity contribution in [1.82, 2.24) is 0 Å². The highest BCUT2D eigenvalue weighted by Gasteiger charge is 2.33. The van der Waals surface area contributed by atoms with Crippen LogP contribution in [0, 0.1) is 0 Å². The standard InChI is InChI=1S/C4H3Cl5O2S/c5-1(6)2(7)11-3(10)4(8,9)12/h1-2,12H. The highest BCUT2D eigenvalue weighted by molar-refractivity contribution is 7.86. The maximum atomic E-state index is 10.8. The first-order valence-corrected chi connectivity index (χ1v) is 5.00. The Hall–Kier alpha value is 1.27. The van der Waals surface area contributed by atoms with Crippen LogP contribution in [0.4, 0.5) is 0 Å². The van der Waals surface area contributed by atoms with Gasteiger partial charge in [0.2, 0.25) is 5.56 Å². The maximum Gasteiger partial charge on any atom is 0.354 e. The average molecular weight is 292 g/mol. The summed E-state index contributed by atoms with van der Waals surface area (Å²) in [5, 5.41) is 0. The van der Waals surface area contributed by atoms with Crippen molar-refractivity contribution in [3.63, 3.8) is 0 Å². The van der Waals surface area contributed by atoms with E-state index in [9.17, 15) is 4.79 Å². The summed E-state index contributed by atoms with van der Waals surface area (Å²) >= 11 is 29.9. The number of rotatable bonds is 3. The molecule has 0 aliphatic heterocycles. The van der Waals surface area contributed by atoms with Crippen LogP contribution in [-0.4, -0.2) is 20.0 Å². The second-order valence-electron chi connectivity index (χ2n) is 1.63. The lowest BCUT2D eigenvalue weighted by Gasteiger charge is -2.15. The van der Waals surface area contributed by atoms with Gasteiger partial charge in [-0.25, -0.2) is 4.79 Å². The molecule has 0 saturated heterocycles. The molecule has 0 bridgehead atoms. The van der Waals surface area contributed by atoms with Crippen LogP contribution in [0.2, 0.25) is 0 Å². The molecule has 0 amide bonds. The lowest BCUT2D eigenvalue weighted by atomic mass is 10.7. The highest BCUT2D eigenvalue weighted by atomic mass is 35.5. The van der Waals surface area contributed by atoms with Gasteiger partial charge < -0.3 is 4.74 Å². The number of ether oxygens (including phenoxy) is 1. The second kappa shape index (κ2) is 5.23. The first-order chi connectivity index (χ1) is 5.25. The lowest BCUT2D eigenvalue weighted by Crippen LogP contribution is -2.28. The van der Waals surface area contributed by atoms with E-state index in [4.69, 9.17) is 58.0 Å². The Bertz CT molecular complexity index is 167. The molecule has 2 nitrogen and oxygen atoms in total. The molecule has 72 valence electrons. The largest absolute Gasteiger partial charge is 0.440 e. The topological polar surface area (TPSA) is 26.3 Å². The Morgan fingerprint density at radius 3 is 2.00 bits per heavy atom. The van der Waals surface area contributed by atoms with Gasteiger partial charge in [-0.1, -0.05) is 58.0 Å². The Balaban J connectivity index is 4.02. The molecule has 12 heavy (non-hydrogen) atoms. The van der Waals surface area contributed by atoms with Gasteiger partial charge in [-0.3, -0.25) is 0 Å². The quantitative estimate of drug-likeness (QED) is 0.492.